The molecule has 0 heterocycles. The van der Waals surface area contributed by atoms with Crippen LogP contribution in [-0.4, -0.2) is 132 Å². The van der Waals surface area contributed by atoms with E-state index in [4.69, 9.17) is 18.9 Å². The number of amides is 5. The van der Waals surface area contributed by atoms with Crippen molar-refractivity contribution >= 4 is 53.4 Å². The Bertz CT molecular complexity index is 2410. The van der Waals surface area contributed by atoms with E-state index in [0.717, 1.165) is 116 Å². The molecular weight excluding hydrogens is 1250 g/mol. The maximum atomic E-state index is 11.5. The highest BCUT2D eigenvalue weighted by atomic mass is 16.6. The largest absolute Gasteiger partial charge is 0.459 e. The predicted octanol–water partition coefficient (Wildman–Crippen LogP) is 16.2. The summed E-state index contributed by atoms with van der Waals surface area (Å²) in [5, 5.41) is 8.72. The Morgan fingerprint density at radius 2 is 0.576 bits per heavy atom. The molecule has 0 saturated heterocycles. The van der Waals surface area contributed by atoms with Gasteiger partial charge in [0.05, 0.1) is 0 Å². The highest BCUT2D eigenvalue weighted by molar-refractivity contribution is 5.93. The molecule has 3 N–H and O–H groups in total. The zero-order valence-electron chi connectivity index (χ0n) is 62.2. The van der Waals surface area contributed by atoms with Crippen LogP contribution < -0.4 is 16.0 Å². The molecule has 99 heavy (non-hydrogen) atoms. The summed E-state index contributed by atoms with van der Waals surface area (Å²) in [6, 6.07) is 2.19. The first-order valence-electron chi connectivity index (χ1n) is 37.3. The predicted molar refractivity (Wildman–Crippen MR) is 399 cm³/mol. The maximum absolute atomic E-state index is 11.5. The Morgan fingerprint density at radius 1 is 0.313 bits per heavy atom. The summed E-state index contributed by atoms with van der Waals surface area (Å²) in [4.78, 5) is 102. The summed E-state index contributed by atoms with van der Waals surface area (Å²) >= 11 is 0. The SMILES string of the molecule is C=C(C)C(=O)N(C)C1CCCC1.C=C(C)C(=O)NC1CCCC1.C=C(C)C(=O)OC1CCCC1.C=C(C)C(=O)OC1CCCCC1.C=CC(=O)N(C)C1CCCC1.C=CC(=O)NC1CCCC1.C=CC(=O)NC1CCCCC1.C=CC(=O)OC1CCCC1.C=CC(=O)OC1CCCCC1. The Morgan fingerprint density at radius 3 is 0.848 bits per heavy atom. The zero-order chi connectivity index (χ0) is 73.9. The molecule has 0 aromatic heterocycles. The van der Waals surface area contributed by atoms with Gasteiger partial charge in [-0.1, -0.05) is 143 Å². The van der Waals surface area contributed by atoms with Gasteiger partial charge < -0.3 is 44.7 Å². The van der Waals surface area contributed by atoms with Crippen LogP contribution in [0.3, 0.4) is 0 Å². The van der Waals surface area contributed by atoms with Gasteiger partial charge in [0.15, 0.2) is 0 Å². The average Bonchev–Trinajstić information content (AvgIpc) is 1.88. The number of nitrogens with zero attached hydrogens (tertiary/aromatic N) is 2. The summed E-state index contributed by atoms with van der Waals surface area (Å²) in [6.07, 6.45) is 52.8. The van der Waals surface area contributed by atoms with E-state index in [-0.39, 0.29) is 77.8 Å². The van der Waals surface area contributed by atoms with Gasteiger partial charge in [0, 0.05) is 78.7 Å². The molecule has 9 saturated carbocycles. The third-order valence-corrected chi connectivity index (χ3v) is 18.9. The van der Waals surface area contributed by atoms with E-state index in [9.17, 15) is 43.2 Å². The molecule has 9 aliphatic carbocycles. The number of esters is 4. The summed E-state index contributed by atoms with van der Waals surface area (Å²) in [5.41, 5.74) is 2.25. The molecule has 0 aromatic rings. The molecule has 0 aliphatic heterocycles. The minimum Gasteiger partial charge on any atom is -0.459 e. The molecule has 0 atom stereocenters. The van der Waals surface area contributed by atoms with Crippen LogP contribution in [0, 0.1) is 0 Å². The number of rotatable bonds is 18. The minimum atomic E-state index is -0.285. The van der Waals surface area contributed by atoms with Gasteiger partial charge in [-0.05, 0) is 213 Å². The first kappa shape index (κ1) is 89.9. The van der Waals surface area contributed by atoms with Crippen molar-refractivity contribution in [1.29, 1.82) is 0 Å². The molecule has 5 amide bonds. The highest BCUT2D eigenvalue weighted by Crippen LogP contribution is 2.27. The van der Waals surface area contributed by atoms with Crippen molar-refractivity contribution in [2.45, 2.75) is 333 Å². The van der Waals surface area contributed by atoms with E-state index in [0.29, 0.717) is 52.5 Å². The van der Waals surface area contributed by atoms with Gasteiger partial charge in [0.25, 0.3) is 0 Å². The molecule has 9 rings (SSSR count). The molecule has 0 bridgehead atoms. The smallest absolute Gasteiger partial charge is 0.333 e. The molecule has 558 valence electrons. The first-order valence-corrected chi connectivity index (χ1v) is 37.3. The Balaban J connectivity index is 0.000000557. The molecular formula is C81H131N5O13. The van der Waals surface area contributed by atoms with Crippen LogP contribution in [0.2, 0.25) is 0 Å². The molecule has 9 aliphatic rings. The van der Waals surface area contributed by atoms with E-state index < -0.39 is 0 Å². The second-order valence-electron chi connectivity index (χ2n) is 27.7. The lowest BCUT2D eigenvalue weighted by atomic mass is 9.95. The van der Waals surface area contributed by atoms with E-state index in [1.807, 2.05) is 19.0 Å². The Labute approximate surface area is 597 Å². The molecule has 0 aromatic carbocycles. The third kappa shape index (κ3) is 43.2. The van der Waals surface area contributed by atoms with Crippen molar-refractivity contribution in [2.75, 3.05) is 14.1 Å². The molecule has 0 radical (unpaired) electrons. The van der Waals surface area contributed by atoms with E-state index in [1.165, 1.54) is 165 Å². The van der Waals surface area contributed by atoms with E-state index in [1.54, 1.807) is 32.6 Å². The fourth-order valence-electron chi connectivity index (χ4n) is 12.9. The van der Waals surface area contributed by atoms with Crippen LogP contribution >= 0.6 is 0 Å². The van der Waals surface area contributed by atoms with Crippen LogP contribution in [0.25, 0.3) is 0 Å². The lowest BCUT2D eigenvalue weighted by molar-refractivity contribution is -0.146. The van der Waals surface area contributed by atoms with Crippen molar-refractivity contribution in [2.24, 2.45) is 0 Å². The summed E-state index contributed by atoms with van der Waals surface area (Å²) in [6.45, 7) is 38.1. The van der Waals surface area contributed by atoms with Gasteiger partial charge in [-0.3, -0.25) is 24.0 Å². The van der Waals surface area contributed by atoms with Crippen molar-refractivity contribution in [1.82, 2.24) is 25.8 Å². The van der Waals surface area contributed by atoms with Crippen LogP contribution in [0.5, 0.6) is 0 Å². The third-order valence-electron chi connectivity index (χ3n) is 18.9. The van der Waals surface area contributed by atoms with Gasteiger partial charge in [-0.25, -0.2) is 19.2 Å². The molecule has 0 unspecified atom stereocenters. The summed E-state index contributed by atoms with van der Waals surface area (Å²) in [7, 11) is 3.74. The Kier molecular flexibility index (Phi) is 49.7. The maximum Gasteiger partial charge on any atom is 0.333 e. The highest BCUT2D eigenvalue weighted by Gasteiger charge is 2.26. The van der Waals surface area contributed by atoms with Crippen LogP contribution in [0.15, 0.2) is 112 Å². The number of hydrogen-bond donors (Lipinski definition) is 3. The molecule has 0 spiro atoms. The van der Waals surface area contributed by atoms with Crippen LogP contribution in [0.4, 0.5) is 0 Å². The fraction of sp³-hybridized carbons (Fsp3) is 0.667. The minimum absolute atomic E-state index is 0.0110. The second-order valence-corrected chi connectivity index (χ2v) is 27.7. The molecule has 18 heteroatoms. The summed E-state index contributed by atoms with van der Waals surface area (Å²) < 4.78 is 20.4. The van der Waals surface area contributed by atoms with Crippen LogP contribution in [0.1, 0.15) is 278 Å². The lowest BCUT2D eigenvalue weighted by Crippen LogP contribution is -2.35. The Hall–Kier alpha value is -7.11. The first-order chi connectivity index (χ1) is 47.3. The number of ether oxygens (including phenoxy) is 4. The molecule has 18 nitrogen and oxygen atoms in total. The number of nitrogens with one attached hydrogen (secondary N) is 3. The number of likely N-dealkylation sites (N-methyl/N-ethyl adjacent to an activating group) is 2. The van der Waals surface area contributed by atoms with Crippen molar-refractivity contribution in [3.05, 3.63) is 112 Å². The van der Waals surface area contributed by atoms with Crippen molar-refractivity contribution in [3.63, 3.8) is 0 Å². The fourth-order valence-corrected chi connectivity index (χ4v) is 12.9. The quantitative estimate of drug-likeness (QED) is 0.0659. The van der Waals surface area contributed by atoms with Crippen LogP contribution in [-0.2, 0) is 62.1 Å². The lowest BCUT2D eigenvalue weighted by Gasteiger charge is -2.24. The normalized spacial score (nSPS) is 18.6. The zero-order valence-corrected chi connectivity index (χ0v) is 62.2. The van der Waals surface area contributed by atoms with E-state index >= 15 is 0 Å². The van der Waals surface area contributed by atoms with Gasteiger partial charge >= 0.3 is 23.9 Å². The number of hydrogen-bond acceptors (Lipinski definition) is 13. The standard InChI is InChI=1S/C10H17NO.C10H16O2.3C9H15NO.2C9H14O2.C8H13NO.C8H12O2/c1-8(2)10(12)11(3)9-6-4-5-7-9;1-8(2)10(11)12-9-6-4-3-5-7-9;1-7(2)9(11)10-8-5-3-4-6-8;1-3-9(11)10(2)8-6-4-5-7-8;1-2-9(11)10-8-6-4-3-5-7-8;1-7(2)9(10)11-8-5-3-4-6-8;1-2-9(10)11-8-6-4-3-5-7-8;1-2-8(10)9-7-5-3-4-6-7;1-2-8(9)10-7-5-3-4-6-7/h9H,1,4-7H2,2-3H3;9H,1,3-7H2,2H3;8H,1,3-6H2,2H3,(H,10,11);3,8H,1,4-7H2,2H3;2,8H,1,3-7H2,(H,10,11);8H,1,3-6H2,2H3;2,8H,1,3-7H2;2,7H,1,3-6H2,(H,9,10);2,7H,1,3-6H2. The van der Waals surface area contributed by atoms with Gasteiger partial charge in [0.2, 0.25) is 29.5 Å². The van der Waals surface area contributed by atoms with Gasteiger partial charge in [-0.2, -0.15) is 0 Å². The number of carbonyl (C=O) groups excluding carboxylic acids is 9. The monoisotopic (exact) mass is 1380 g/mol. The molecule has 9 fully saturated rings. The van der Waals surface area contributed by atoms with Gasteiger partial charge in [-0.15, -0.1) is 0 Å². The number of carbonyl (C=O) groups is 9. The topological polar surface area (TPSA) is 233 Å². The average molecular weight is 1380 g/mol. The van der Waals surface area contributed by atoms with Crippen molar-refractivity contribution in [3.8, 4) is 0 Å². The second kappa shape index (κ2) is 54.7. The van der Waals surface area contributed by atoms with Gasteiger partial charge in [0.1, 0.15) is 24.4 Å². The summed E-state index contributed by atoms with van der Waals surface area (Å²) in [5.74, 6) is -0.942. The van der Waals surface area contributed by atoms with Crippen molar-refractivity contribution < 1.29 is 62.1 Å². The van der Waals surface area contributed by atoms with E-state index in [2.05, 4.69) is 75.2 Å².